The van der Waals surface area contributed by atoms with Gasteiger partial charge in [0.05, 0.1) is 56.2 Å². The molecule has 9 atom stereocenters. The standard InChI is InChI=1S/C39H64O7/c1-25(2)9-8-10-26(3)33-13-14-34-32-12-11-30-19-31(15-17-38(30,6)35(32)16-18-39(33,34)7)44-22-29(23-45-36(42)27(4)20-40)24-46-37(43)28(5)21-41/h25-26,29-35,40-41H,4-5,8-24H2,1-3,6-7H3/t26-,30?,31+,32?,33-,34?,35?,38+,39-/m1/s1. The van der Waals surface area contributed by atoms with E-state index in [-0.39, 0.29) is 43.0 Å². The Kier molecular flexibility index (Phi) is 13.0. The molecule has 0 saturated heterocycles. The van der Waals surface area contributed by atoms with Crippen LogP contribution in [0.4, 0.5) is 0 Å². The summed E-state index contributed by atoms with van der Waals surface area (Å²) in [6.07, 6.45) is 15.8. The lowest BCUT2D eigenvalue weighted by Crippen LogP contribution is -2.54. The van der Waals surface area contributed by atoms with Crippen molar-refractivity contribution in [3.8, 4) is 0 Å². The fraction of sp³-hybridized carbons (Fsp3) is 0.846. The molecule has 4 aliphatic carbocycles. The molecule has 4 aliphatic rings. The maximum atomic E-state index is 12.1. The second kappa shape index (κ2) is 16.1. The van der Waals surface area contributed by atoms with Crippen LogP contribution in [0.3, 0.4) is 0 Å². The molecule has 0 heterocycles. The van der Waals surface area contributed by atoms with Gasteiger partial charge in [0, 0.05) is 0 Å². The summed E-state index contributed by atoms with van der Waals surface area (Å²) in [5, 5.41) is 18.4. The van der Waals surface area contributed by atoms with E-state index in [0.29, 0.717) is 16.7 Å². The monoisotopic (exact) mass is 644 g/mol. The van der Waals surface area contributed by atoms with Crippen LogP contribution in [0.25, 0.3) is 0 Å². The van der Waals surface area contributed by atoms with Crippen molar-refractivity contribution in [3.63, 3.8) is 0 Å². The summed E-state index contributed by atoms with van der Waals surface area (Å²) in [5.74, 6) is 3.99. The fourth-order valence-electron chi connectivity index (χ4n) is 10.5. The number of carbonyl (C=O) groups excluding carboxylic acids is 2. The summed E-state index contributed by atoms with van der Waals surface area (Å²) < 4.78 is 17.1. The molecular weight excluding hydrogens is 580 g/mol. The molecule has 4 saturated carbocycles. The number of carbonyl (C=O) groups is 2. The number of aliphatic hydroxyl groups is 2. The largest absolute Gasteiger partial charge is 0.462 e. The molecule has 0 aromatic carbocycles. The highest BCUT2D eigenvalue weighted by Crippen LogP contribution is 2.68. The minimum atomic E-state index is -0.679. The van der Waals surface area contributed by atoms with Gasteiger partial charge < -0.3 is 24.4 Å². The van der Waals surface area contributed by atoms with Crippen LogP contribution in [0.1, 0.15) is 112 Å². The van der Waals surface area contributed by atoms with E-state index in [1.165, 1.54) is 64.2 Å². The summed E-state index contributed by atoms with van der Waals surface area (Å²) in [6.45, 7) is 18.9. The average Bonchev–Trinajstić information content (AvgIpc) is 3.40. The third-order valence-electron chi connectivity index (χ3n) is 13.2. The van der Waals surface area contributed by atoms with E-state index in [1.54, 1.807) is 0 Å². The van der Waals surface area contributed by atoms with Crippen LogP contribution in [-0.2, 0) is 23.8 Å². The van der Waals surface area contributed by atoms with Gasteiger partial charge in [0.15, 0.2) is 0 Å². The van der Waals surface area contributed by atoms with Crippen molar-refractivity contribution in [2.75, 3.05) is 33.0 Å². The molecule has 4 fully saturated rings. The predicted molar refractivity (Wildman–Crippen MR) is 181 cm³/mol. The quantitative estimate of drug-likeness (QED) is 0.134. The van der Waals surface area contributed by atoms with Crippen molar-refractivity contribution in [3.05, 3.63) is 24.3 Å². The summed E-state index contributed by atoms with van der Waals surface area (Å²) in [7, 11) is 0. The van der Waals surface area contributed by atoms with Gasteiger partial charge in [-0.25, -0.2) is 9.59 Å². The zero-order valence-corrected chi connectivity index (χ0v) is 29.6. The van der Waals surface area contributed by atoms with Gasteiger partial charge in [0.1, 0.15) is 0 Å². The number of ether oxygens (including phenoxy) is 3. The molecule has 0 aromatic heterocycles. The first-order valence-corrected chi connectivity index (χ1v) is 18.4. The molecule has 262 valence electrons. The molecule has 46 heavy (non-hydrogen) atoms. The topological polar surface area (TPSA) is 102 Å². The molecule has 4 rings (SSSR count). The second-order valence-corrected chi connectivity index (χ2v) is 16.5. The van der Waals surface area contributed by atoms with Gasteiger partial charge in [-0.2, -0.15) is 0 Å². The van der Waals surface area contributed by atoms with Gasteiger partial charge in [-0.3, -0.25) is 0 Å². The van der Waals surface area contributed by atoms with Crippen LogP contribution in [-0.4, -0.2) is 61.3 Å². The van der Waals surface area contributed by atoms with E-state index in [1.807, 2.05) is 0 Å². The van der Waals surface area contributed by atoms with E-state index < -0.39 is 25.2 Å². The Balaban J connectivity index is 1.33. The molecule has 0 aromatic rings. The molecule has 0 spiro atoms. The van der Waals surface area contributed by atoms with Gasteiger partial charge in [-0.05, 0) is 110 Å². The Hall–Kier alpha value is -1.70. The van der Waals surface area contributed by atoms with Crippen LogP contribution in [0, 0.1) is 58.2 Å². The zero-order chi connectivity index (χ0) is 33.6. The number of hydrogen-bond donors (Lipinski definition) is 2. The molecule has 0 bridgehead atoms. The van der Waals surface area contributed by atoms with Crippen molar-refractivity contribution < 1.29 is 34.0 Å². The fourth-order valence-corrected chi connectivity index (χ4v) is 10.5. The van der Waals surface area contributed by atoms with Crippen molar-refractivity contribution in [2.24, 2.45) is 58.2 Å². The number of esters is 2. The van der Waals surface area contributed by atoms with Gasteiger partial charge in [0.2, 0.25) is 0 Å². The molecule has 2 N–H and O–H groups in total. The lowest BCUT2D eigenvalue weighted by atomic mass is 9.44. The maximum absolute atomic E-state index is 12.1. The third-order valence-corrected chi connectivity index (χ3v) is 13.2. The van der Waals surface area contributed by atoms with E-state index in [2.05, 4.69) is 47.8 Å². The predicted octanol–water partition coefficient (Wildman–Crippen LogP) is 7.29. The van der Waals surface area contributed by atoms with E-state index in [0.717, 1.165) is 48.3 Å². The highest BCUT2D eigenvalue weighted by Gasteiger charge is 2.60. The zero-order valence-electron chi connectivity index (χ0n) is 29.6. The summed E-state index contributed by atoms with van der Waals surface area (Å²) in [4.78, 5) is 24.2. The molecule has 7 nitrogen and oxygen atoms in total. The number of hydrogen-bond acceptors (Lipinski definition) is 7. The highest BCUT2D eigenvalue weighted by atomic mass is 16.6. The molecular formula is C39H64O7. The van der Waals surface area contributed by atoms with Crippen LogP contribution in [0.2, 0.25) is 0 Å². The third kappa shape index (κ3) is 8.29. The first-order valence-electron chi connectivity index (χ1n) is 18.4. The molecule has 0 amide bonds. The van der Waals surface area contributed by atoms with Crippen molar-refractivity contribution in [1.29, 1.82) is 0 Å². The second-order valence-electron chi connectivity index (χ2n) is 16.5. The van der Waals surface area contributed by atoms with Gasteiger partial charge >= 0.3 is 11.9 Å². The Morgan fingerprint density at radius 1 is 0.783 bits per heavy atom. The summed E-state index contributed by atoms with van der Waals surface area (Å²) >= 11 is 0. The average molecular weight is 645 g/mol. The first-order chi connectivity index (χ1) is 21.8. The minimum absolute atomic E-state index is 0.0220. The van der Waals surface area contributed by atoms with E-state index >= 15 is 0 Å². The lowest BCUT2D eigenvalue weighted by molar-refractivity contribution is -0.151. The SMILES string of the molecule is C=C(CO)C(=O)OCC(COC(=O)C(=C)CO)CO[C@H]1CC[C@@]2(C)C(CCC3C2CC[C@@]2(C)C3CC[C@@H]2[C@H](C)CCCC(C)C)C1. The van der Waals surface area contributed by atoms with Gasteiger partial charge in [0.25, 0.3) is 0 Å². The van der Waals surface area contributed by atoms with Crippen molar-refractivity contribution >= 4 is 11.9 Å². The van der Waals surface area contributed by atoms with E-state index in [9.17, 15) is 19.8 Å². The van der Waals surface area contributed by atoms with E-state index in [4.69, 9.17) is 14.2 Å². The summed E-state index contributed by atoms with van der Waals surface area (Å²) in [5.41, 5.74) is 0.821. The maximum Gasteiger partial charge on any atom is 0.335 e. The van der Waals surface area contributed by atoms with Crippen LogP contribution < -0.4 is 0 Å². The molecule has 4 unspecified atom stereocenters. The first kappa shape index (κ1) is 37.1. The summed E-state index contributed by atoms with van der Waals surface area (Å²) in [6, 6.07) is 0. The molecule has 0 aliphatic heterocycles. The molecule has 7 heteroatoms. The molecule has 0 radical (unpaired) electrons. The van der Waals surface area contributed by atoms with Crippen LogP contribution in [0.15, 0.2) is 24.3 Å². The van der Waals surface area contributed by atoms with Gasteiger partial charge in [-0.15, -0.1) is 0 Å². The van der Waals surface area contributed by atoms with Gasteiger partial charge in [-0.1, -0.05) is 67.0 Å². The minimum Gasteiger partial charge on any atom is -0.462 e. The van der Waals surface area contributed by atoms with Crippen LogP contribution >= 0.6 is 0 Å². The Morgan fingerprint density at radius 2 is 1.39 bits per heavy atom. The Labute approximate surface area is 278 Å². The smallest absolute Gasteiger partial charge is 0.335 e. The number of fused-ring (bicyclic) bond motifs is 5. The van der Waals surface area contributed by atoms with Crippen molar-refractivity contribution in [1.82, 2.24) is 0 Å². The Bertz CT molecular complexity index is 1040. The number of rotatable bonds is 16. The Morgan fingerprint density at radius 3 is 2.00 bits per heavy atom. The highest BCUT2D eigenvalue weighted by molar-refractivity contribution is 5.88. The van der Waals surface area contributed by atoms with Crippen molar-refractivity contribution in [2.45, 2.75) is 118 Å². The lowest BCUT2D eigenvalue weighted by Gasteiger charge is -2.61. The normalized spacial score (nSPS) is 34.4. The number of aliphatic hydroxyl groups excluding tert-OH is 2. The van der Waals surface area contributed by atoms with Crippen LogP contribution in [0.5, 0.6) is 0 Å².